The van der Waals surface area contributed by atoms with E-state index in [4.69, 9.17) is 10.7 Å². The van der Waals surface area contributed by atoms with Crippen LogP contribution in [0.5, 0.6) is 0 Å². The average molecular weight is 947 g/mol. The van der Waals surface area contributed by atoms with Crippen molar-refractivity contribution in [2.75, 3.05) is 10.6 Å². The lowest BCUT2D eigenvalue weighted by Gasteiger charge is -2.19. The van der Waals surface area contributed by atoms with Crippen LogP contribution >= 0.6 is 22.4 Å². The first-order valence-corrected chi connectivity index (χ1v) is 23.4. The molecule has 5 aromatic carbocycles. The highest BCUT2D eigenvalue weighted by Crippen LogP contribution is 2.25. The van der Waals surface area contributed by atoms with Gasteiger partial charge < -0.3 is 21.3 Å². The van der Waals surface area contributed by atoms with Crippen molar-refractivity contribution in [3.05, 3.63) is 216 Å². The number of hydrogen-bond acceptors (Lipinski definition) is 9. The Kier molecular flexibility index (Phi) is 17.2. The second kappa shape index (κ2) is 23.6. The number of amides is 4. The zero-order chi connectivity index (χ0) is 46.9. The zero-order valence-corrected chi connectivity index (χ0v) is 37.2. The fraction of sp³-hybridized carbons (Fsp3) is 0.102. The molecule has 0 unspecified atom stereocenters. The fourth-order valence-electron chi connectivity index (χ4n) is 6.15. The molecule has 0 fully saturated rings. The normalized spacial score (nSPS) is 11.7. The third-order valence-corrected chi connectivity index (χ3v) is 12.0. The van der Waals surface area contributed by atoms with Crippen LogP contribution in [0.25, 0.3) is 0 Å². The van der Waals surface area contributed by atoms with E-state index in [1.807, 2.05) is 48.5 Å². The van der Waals surface area contributed by atoms with Gasteiger partial charge in [-0.05, 0) is 126 Å². The van der Waals surface area contributed by atoms with E-state index in [1.165, 1.54) is 66.2 Å². The molecule has 0 bridgehead atoms. The monoisotopic (exact) mass is 946 g/mol. The van der Waals surface area contributed by atoms with Crippen molar-refractivity contribution >= 4 is 66.5 Å². The molecule has 66 heavy (non-hydrogen) atoms. The highest BCUT2D eigenvalue weighted by atomic mass is 35.7. The Morgan fingerprint density at radius 1 is 0.545 bits per heavy atom. The summed E-state index contributed by atoms with van der Waals surface area (Å²) in [5.74, 6) is -1.95. The Morgan fingerprint density at radius 3 is 1.38 bits per heavy atom. The lowest BCUT2D eigenvalue weighted by Crippen LogP contribution is -2.45. The summed E-state index contributed by atoms with van der Waals surface area (Å²) in [5.41, 5.74) is 4.18. The SMILES string of the molecule is O=C(N[C@@H](Cc1cccnc1)C(=O)Nc1ccc(S(=O)(=O)Cl)cc1)c1ccc(F)cc1.O=C(N[C@@H](Cc1cccnc1)C(=O)Nc1ccc(SCc2ccccc2)cc1)c1ccc(F)cc1. The van der Waals surface area contributed by atoms with Gasteiger partial charge >= 0.3 is 0 Å². The second-order valence-electron chi connectivity index (χ2n) is 14.4. The molecule has 12 nitrogen and oxygen atoms in total. The summed E-state index contributed by atoms with van der Waals surface area (Å²) >= 11 is 1.71. The van der Waals surface area contributed by atoms with Crippen LogP contribution in [-0.2, 0) is 37.2 Å². The predicted molar refractivity (Wildman–Crippen MR) is 250 cm³/mol. The van der Waals surface area contributed by atoms with Gasteiger partial charge in [0.2, 0.25) is 11.8 Å². The lowest BCUT2D eigenvalue weighted by molar-refractivity contribution is -0.118. The van der Waals surface area contributed by atoms with Gasteiger partial charge in [0.25, 0.3) is 20.9 Å². The molecule has 7 rings (SSSR count). The van der Waals surface area contributed by atoms with Crippen LogP contribution in [0.4, 0.5) is 20.2 Å². The van der Waals surface area contributed by atoms with Gasteiger partial charge in [-0.25, -0.2) is 17.2 Å². The molecule has 0 aliphatic carbocycles. The van der Waals surface area contributed by atoms with E-state index in [9.17, 15) is 36.4 Å². The third-order valence-electron chi connectivity index (χ3n) is 9.56. The third kappa shape index (κ3) is 15.2. The number of carbonyl (C=O) groups is 4. The first kappa shape index (κ1) is 48.2. The minimum Gasteiger partial charge on any atom is -0.340 e. The first-order chi connectivity index (χ1) is 31.8. The molecule has 0 radical (unpaired) electrons. The molecule has 0 saturated carbocycles. The molecule has 7 aromatic rings. The molecule has 4 amide bonds. The average Bonchev–Trinajstić information content (AvgIpc) is 3.32. The summed E-state index contributed by atoms with van der Waals surface area (Å²) in [5, 5.41) is 10.9. The maximum absolute atomic E-state index is 13.2. The van der Waals surface area contributed by atoms with Gasteiger partial charge in [0.1, 0.15) is 23.7 Å². The van der Waals surface area contributed by atoms with E-state index in [0.717, 1.165) is 28.3 Å². The quantitative estimate of drug-likeness (QED) is 0.0546. The summed E-state index contributed by atoms with van der Waals surface area (Å²) in [4.78, 5) is 60.3. The molecule has 2 heterocycles. The Morgan fingerprint density at radius 2 is 0.970 bits per heavy atom. The number of halogens is 3. The molecule has 0 spiro atoms. The van der Waals surface area contributed by atoms with Crippen molar-refractivity contribution in [3.8, 4) is 0 Å². The van der Waals surface area contributed by atoms with Crippen LogP contribution in [0.2, 0.25) is 0 Å². The van der Waals surface area contributed by atoms with Crippen molar-refractivity contribution in [2.24, 2.45) is 0 Å². The van der Waals surface area contributed by atoms with Crippen LogP contribution in [-0.4, -0.2) is 54.1 Å². The number of nitrogens with zero attached hydrogens (tertiary/aromatic N) is 2. The number of hydrogen-bond donors (Lipinski definition) is 4. The number of carbonyl (C=O) groups excluding carboxylic acids is 4. The number of benzene rings is 5. The lowest BCUT2D eigenvalue weighted by atomic mass is 10.1. The van der Waals surface area contributed by atoms with Gasteiger partial charge in [0, 0.05) is 81.5 Å². The summed E-state index contributed by atoms with van der Waals surface area (Å²) in [6.45, 7) is 0. The van der Waals surface area contributed by atoms with Gasteiger partial charge in [-0.15, -0.1) is 11.8 Å². The Hall–Kier alpha value is -7.27. The van der Waals surface area contributed by atoms with Crippen molar-refractivity contribution in [1.82, 2.24) is 20.6 Å². The van der Waals surface area contributed by atoms with E-state index in [0.29, 0.717) is 16.9 Å². The van der Waals surface area contributed by atoms with E-state index in [1.54, 1.807) is 54.7 Å². The number of thioether (sulfide) groups is 1. The number of pyridine rings is 2. The van der Waals surface area contributed by atoms with Crippen LogP contribution in [0.3, 0.4) is 0 Å². The minimum atomic E-state index is -3.89. The van der Waals surface area contributed by atoms with Gasteiger partial charge in [-0.2, -0.15) is 0 Å². The predicted octanol–water partition coefficient (Wildman–Crippen LogP) is 8.62. The van der Waals surface area contributed by atoms with Crippen molar-refractivity contribution < 1.29 is 36.4 Å². The summed E-state index contributed by atoms with van der Waals surface area (Å²) in [6, 6.07) is 38.5. The van der Waals surface area contributed by atoms with E-state index >= 15 is 0 Å². The molecule has 0 aliphatic rings. The smallest absolute Gasteiger partial charge is 0.261 e. The van der Waals surface area contributed by atoms with Crippen LogP contribution in [0.15, 0.2) is 186 Å². The number of aromatic nitrogens is 2. The van der Waals surface area contributed by atoms with Crippen LogP contribution in [0, 0.1) is 11.6 Å². The number of rotatable bonds is 16. The maximum atomic E-state index is 13.2. The molecule has 336 valence electrons. The molecule has 17 heteroatoms. The highest BCUT2D eigenvalue weighted by Gasteiger charge is 2.24. The van der Waals surface area contributed by atoms with Gasteiger partial charge in [0.15, 0.2) is 0 Å². The van der Waals surface area contributed by atoms with E-state index in [-0.39, 0.29) is 34.8 Å². The Balaban J connectivity index is 0.000000220. The number of nitrogens with one attached hydrogen (secondary N) is 4. The van der Waals surface area contributed by atoms with E-state index in [2.05, 4.69) is 43.4 Å². The zero-order valence-electron chi connectivity index (χ0n) is 34.8. The molecule has 2 aromatic heterocycles. The van der Waals surface area contributed by atoms with Gasteiger partial charge in [0.05, 0.1) is 4.90 Å². The minimum absolute atomic E-state index is 0.108. The summed E-state index contributed by atoms with van der Waals surface area (Å²) in [7, 11) is 1.40. The Bertz CT molecular complexity index is 2820. The van der Waals surface area contributed by atoms with Gasteiger partial charge in [-0.1, -0.05) is 42.5 Å². The van der Waals surface area contributed by atoms with Crippen LogP contribution < -0.4 is 21.3 Å². The summed E-state index contributed by atoms with van der Waals surface area (Å²) in [6.07, 6.45) is 6.88. The maximum Gasteiger partial charge on any atom is 0.261 e. The van der Waals surface area contributed by atoms with E-state index < -0.39 is 50.5 Å². The standard InChI is InChI=1S/C28H24FN3O2S.C21H17ClFN3O4S/c29-23-10-8-22(9-11-23)27(33)32-26(17-21-7-4-16-30-18-21)28(34)31-24-12-14-25(15-13-24)35-19-20-5-2-1-3-6-20;22-31(29,30)18-9-7-17(8-10-18)25-21(28)19(12-14-2-1-11-24-13-14)26-20(27)15-3-5-16(23)6-4-15/h1-16,18,26H,17,19H2,(H,31,34)(H,32,33);1-11,13,19H,12H2,(H,25,28)(H,26,27)/t26-;19-/m00/s1. The fourth-order valence-corrected chi connectivity index (χ4v) is 7.77. The largest absolute Gasteiger partial charge is 0.340 e. The number of anilines is 2. The van der Waals surface area contributed by atoms with Gasteiger partial charge in [-0.3, -0.25) is 29.1 Å². The van der Waals surface area contributed by atoms with Crippen molar-refractivity contribution in [2.45, 2.75) is 40.5 Å². The summed E-state index contributed by atoms with van der Waals surface area (Å²) < 4.78 is 49.1. The first-order valence-electron chi connectivity index (χ1n) is 20.1. The van der Waals surface area contributed by atoms with Crippen molar-refractivity contribution in [1.29, 1.82) is 0 Å². The van der Waals surface area contributed by atoms with Crippen molar-refractivity contribution in [3.63, 3.8) is 0 Å². The molecule has 0 aliphatic heterocycles. The molecule has 2 atom stereocenters. The molecule has 0 saturated heterocycles. The molecular formula is C49H41ClF2N6O6S2. The second-order valence-corrected chi connectivity index (χ2v) is 18.1. The topological polar surface area (TPSA) is 176 Å². The Labute approximate surface area is 388 Å². The molecule has 4 N–H and O–H groups in total. The van der Waals surface area contributed by atoms with Crippen LogP contribution in [0.1, 0.15) is 37.4 Å². The molecular weight excluding hydrogens is 906 g/mol. The highest BCUT2D eigenvalue weighted by molar-refractivity contribution is 8.13.